The first-order valence-corrected chi connectivity index (χ1v) is 4.89. The van der Waals surface area contributed by atoms with Crippen LogP contribution in [0.5, 0.6) is 5.75 Å². The fourth-order valence-corrected chi connectivity index (χ4v) is 1.27. The van der Waals surface area contributed by atoms with E-state index >= 15 is 0 Å². The van der Waals surface area contributed by atoms with Crippen LogP contribution in [0.1, 0.15) is 31.0 Å². The lowest BCUT2D eigenvalue weighted by Crippen LogP contribution is -2.00. The summed E-state index contributed by atoms with van der Waals surface area (Å²) in [7, 11) is 0. The molecule has 1 fully saturated rings. The van der Waals surface area contributed by atoms with Crippen LogP contribution in [-0.2, 0) is 6.42 Å². The number of nitrogens with zero attached hydrogens (tertiary/aromatic N) is 2. The first kappa shape index (κ1) is 9.01. The summed E-state index contributed by atoms with van der Waals surface area (Å²) >= 11 is 0. The highest BCUT2D eigenvalue weighted by Crippen LogP contribution is 2.29. The zero-order valence-corrected chi connectivity index (χ0v) is 8.16. The van der Waals surface area contributed by atoms with Crippen molar-refractivity contribution in [2.75, 3.05) is 0 Å². The van der Waals surface area contributed by atoms with Crippen LogP contribution in [0.4, 0.5) is 0 Å². The predicted molar refractivity (Wildman–Crippen MR) is 52.0 cm³/mol. The number of rotatable bonds is 3. The van der Waals surface area contributed by atoms with Crippen molar-refractivity contribution in [1.29, 1.82) is 5.26 Å². The standard InChI is InChI=1S/C11H12N2O/c1-2-8-7-13-9(6-12)5-11(8)14-10-3-4-10/h5,7,10H,2-4H2,1H3. The van der Waals surface area contributed by atoms with E-state index in [-0.39, 0.29) is 0 Å². The van der Waals surface area contributed by atoms with Crippen LogP contribution in [-0.4, -0.2) is 11.1 Å². The van der Waals surface area contributed by atoms with E-state index in [1.165, 1.54) is 0 Å². The van der Waals surface area contributed by atoms with Crippen molar-refractivity contribution in [2.24, 2.45) is 0 Å². The Hall–Kier alpha value is -1.56. The second-order valence-corrected chi connectivity index (χ2v) is 3.46. The summed E-state index contributed by atoms with van der Waals surface area (Å²) in [5.74, 6) is 0.835. The molecule has 0 aromatic carbocycles. The van der Waals surface area contributed by atoms with Crippen LogP contribution in [0.15, 0.2) is 12.3 Å². The van der Waals surface area contributed by atoms with Crippen LogP contribution in [0, 0.1) is 11.3 Å². The summed E-state index contributed by atoms with van der Waals surface area (Å²) in [5, 5.41) is 8.71. The summed E-state index contributed by atoms with van der Waals surface area (Å²) < 4.78 is 5.70. The molecule has 3 nitrogen and oxygen atoms in total. The quantitative estimate of drug-likeness (QED) is 0.729. The molecule has 0 atom stereocenters. The summed E-state index contributed by atoms with van der Waals surface area (Å²) in [6.45, 7) is 2.06. The van der Waals surface area contributed by atoms with Crippen LogP contribution in [0.3, 0.4) is 0 Å². The molecule has 2 rings (SSSR count). The average molecular weight is 188 g/mol. The van der Waals surface area contributed by atoms with Crippen LogP contribution < -0.4 is 4.74 Å². The highest BCUT2D eigenvalue weighted by Gasteiger charge is 2.24. The Labute approximate surface area is 83.3 Å². The Morgan fingerprint density at radius 1 is 1.64 bits per heavy atom. The minimum Gasteiger partial charge on any atom is -0.490 e. The lowest BCUT2D eigenvalue weighted by molar-refractivity contribution is 0.299. The fourth-order valence-electron chi connectivity index (χ4n) is 1.27. The predicted octanol–water partition coefficient (Wildman–Crippen LogP) is 2.06. The number of pyridine rings is 1. The molecule has 3 heteroatoms. The van der Waals surface area contributed by atoms with Crippen molar-refractivity contribution in [2.45, 2.75) is 32.3 Å². The van der Waals surface area contributed by atoms with Gasteiger partial charge in [-0.25, -0.2) is 4.98 Å². The van der Waals surface area contributed by atoms with Gasteiger partial charge in [0.1, 0.15) is 17.5 Å². The van der Waals surface area contributed by atoms with Crippen LogP contribution in [0.25, 0.3) is 0 Å². The van der Waals surface area contributed by atoms with Gasteiger partial charge in [0.05, 0.1) is 6.10 Å². The van der Waals surface area contributed by atoms with E-state index in [1.54, 1.807) is 12.3 Å². The number of hydrogen-bond acceptors (Lipinski definition) is 3. The second kappa shape index (κ2) is 3.67. The number of aromatic nitrogens is 1. The minimum atomic E-state index is 0.370. The van der Waals surface area contributed by atoms with E-state index in [0.29, 0.717) is 11.8 Å². The lowest BCUT2D eigenvalue weighted by Gasteiger charge is -2.08. The van der Waals surface area contributed by atoms with Gasteiger partial charge in [0.25, 0.3) is 0 Å². The Bertz CT molecular complexity index is 377. The molecule has 0 amide bonds. The maximum Gasteiger partial charge on any atom is 0.144 e. The molecule has 0 bridgehead atoms. The van der Waals surface area contributed by atoms with Gasteiger partial charge in [-0.2, -0.15) is 5.26 Å². The molecule has 0 unspecified atom stereocenters. The maximum atomic E-state index is 8.71. The molecular weight excluding hydrogens is 176 g/mol. The molecule has 0 spiro atoms. The summed E-state index contributed by atoms with van der Waals surface area (Å²) in [5.41, 5.74) is 1.51. The van der Waals surface area contributed by atoms with Gasteiger partial charge >= 0.3 is 0 Å². The number of aryl methyl sites for hydroxylation is 1. The Balaban J connectivity index is 2.27. The normalized spacial score (nSPS) is 14.9. The van der Waals surface area contributed by atoms with Crippen molar-refractivity contribution in [3.63, 3.8) is 0 Å². The van der Waals surface area contributed by atoms with Gasteiger partial charge in [-0.15, -0.1) is 0 Å². The van der Waals surface area contributed by atoms with Gasteiger partial charge in [0.15, 0.2) is 0 Å². The van der Waals surface area contributed by atoms with Crippen molar-refractivity contribution in [1.82, 2.24) is 4.98 Å². The molecule has 1 aromatic rings. The molecule has 0 radical (unpaired) electrons. The van der Waals surface area contributed by atoms with E-state index in [4.69, 9.17) is 10.00 Å². The highest BCUT2D eigenvalue weighted by atomic mass is 16.5. The smallest absolute Gasteiger partial charge is 0.144 e. The molecule has 1 saturated carbocycles. The number of ether oxygens (including phenoxy) is 1. The van der Waals surface area contributed by atoms with Crippen molar-refractivity contribution in [3.05, 3.63) is 23.5 Å². The Morgan fingerprint density at radius 3 is 3.00 bits per heavy atom. The van der Waals surface area contributed by atoms with E-state index < -0.39 is 0 Å². The average Bonchev–Trinajstić information content (AvgIpc) is 3.01. The van der Waals surface area contributed by atoms with Crippen molar-refractivity contribution < 1.29 is 4.74 Å². The topological polar surface area (TPSA) is 45.9 Å². The van der Waals surface area contributed by atoms with Gasteiger partial charge in [-0.05, 0) is 19.3 Å². The molecule has 0 saturated heterocycles. The first-order chi connectivity index (χ1) is 6.83. The largest absolute Gasteiger partial charge is 0.490 e. The zero-order chi connectivity index (χ0) is 9.97. The van der Waals surface area contributed by atoms with Gasteiger partial charge in [0.2, 0.25) is 0 Å². The van der Waals surface area contributed by atoms with Gasteiger partial charge in [0, 0.05) is 17.8 Å². The third-order valence-electron chi connectivity index (χ3n) is 2.26. The number of nitriles is 1. The molecule has 72 valence electrons. The van der Waals surface area contributed by atoms with E-state index in [0.717, 1.165) is 30.6 Å². The lowest BCUT2D eigenvalue weighted by atomic mass is 10.2. The zero-order valence-electron chi connectivity index (χ0n) is 8.16. The molecule has 14 heavy (non-hydrogen) atoms. The molecule has 1 aliphatic carbocycles. The van der Waals surface area contributed by atoms with Gasteiger partial charge in [-0.3, -0.25) is 0 Å². The summed E-state index contributed by atoms with van der Waals surface area (Å²) in [6, 6.07) is 3.75. The molecule has 1 aromatic heterocycles. The highest BCUT2D eigenvalue weighted by molar-refractivity contribution is 5.37. The Kier molecular flexibility index (Phi) is 2.36. The molecule has 0 aliphatic heterocycles. The van der Waals surface area contributed by atoms with Crippen LogP contribution >= 0.6 is 0 Å². The van der Waals surface area contributed by atoms with Crippen molar-refractivity contribution in [3.8, 4) is 11.8 Å². The summed E-state index contributed by atoms with van der Waals surface area (Å²) in [6.07, 6.45) is 5.26. The number of hydrogen-bond donors (Lipinski definition) is 0. The third-order valence-corrected chi connectivity index (χ3v) is 2.26. The third kappa shape index (κ3) is 1.85. The fraction of sp³-hybridized carbons (Fsp3) is 0.455. The van der Waals surface area contributed by atoms with Crippen LogP contribution in [0.2, 0.25) is 0 Å². The maximum absolute atomic E-state index is 8.71. The SMILES string of the molecule is CCc1cnc(C#N)cc1OC1CC1. The Morgan fingerprint density at radius 2 is 2.43 bits per heavy atom. The molecule has 0 N–H and O–H groups in total. The van der Waals surface area contributed by atoms with E-state index in [2.05, 4.69) is 11.9 Å². The first-order valence-electron chi connectivity index (χ1n) is 4.89. The molecular formula is C11H12N2O. The summed E-state index contributed by atoms with van der Waals surface area (Å²) in [4.78, 5) is 4.02. The molecule has 1 aliphatic rings. The monoisotopic (exact) mass is 188 g/mol. The minimum absolute atomic E-state index is 0.370. The molecule has 1 heterocycles. The van der Waals surface area contributed by atoms with Gasteiger partial charge < -0.3 is 4.74 Å². The second-order valence-electron chi connectivity index (χ2n) is 3.46. The van der Waals surface area contributed by atoms with E-state index in [1.807, 2.05) is 6.07 Å². The van der Waals surface area contributed by atoms with Crippen molar-refractivity contribution >= 4 is 0 Å². The van der Waals surface area contributed by atoms with Gasteiger partial charge in [-0.1, -0.05) is 6.92 Å². The van der Waals surface area contributed by atoms with E-state index in [9.17, 15) is 0 Å².